The summed E-state index contributed by atoms with van der Waals surface area (Å²) in [5, 5.41) is 3.60. The van der Waals surface area contributed by atoms with E-state index < -0.39 is 0 Å². The molecule has 0 aromatic heterocycles. The maximum atomic E-state index is 11.7. The average molecular weight is 270 g/mol. The Bertz CT molecular complexity index is 269. The standard InChI is InChI=1S/C15H30N2O2/c1-5-6-13-9-14(16-8-7-12(2)3)11-17(10-13)15(18)19-4/h12-14,16H,5-11H2,1-4H3. The smallest absolute Gasteiger partial charge is 0.409 e. The van der Waals surface area contributed by atoms with Crippen LogP contribution in [0, 0.1) is 11.8 Å². The lowest BCUT2D eigenvalue weighted by atomic mass is 9.90. The number of piperidine rings is 1. The minimum Gasteiger partial charge on any atom is -0.453 e. The zero-order valence-electron chi connectivity index (χ0n) is 12.9. The molecule has 0 aliphatic carbocycles. The third-order valence-electron chi connectivity index (χ3n) is 3.82. The summed E-state index contributed by atoms with van der Waals surface area (Å²) in [5.74, 6) is 1.33. The molecular weight excluding hydrogens is 240 g/mol. The van der Waals surface area contributed by atoms with E-state index in [1.807, 2.05) is 4.90 Å². The van der Waals surface area contributed by atoms with Gasteiger partial charge in [0.1, 0.15) is 0 Å². The SMILES string of the molecule is CCCC1CC(NCCC(C)C)CN(C(=O)OC)C1. The fourth-order valence-corrected chi connectivity index (χ4v) is 2.82. The van der Waals surface area contributed by atoms with Crippen LogP contribution in [0.5, 0.6) is 0 Å². The molecular formula is C15H30N2O2. The molecule has 4 heteroatoms. The fourth-order valence-electron chi connectivity index (χ4n) is 2.82. The van der Waals surface area contributed by atoms with E-state index >= 15 is 0 Å². The lowest BCUT2D eigenvalue weighted by Crippen LogP contribution is -2.51. The van der Waals surface area contributed by atoms with E-state index in [9.17, 15) is 4.79 Å². The molecule has 1 rings (SSSR count). The summed E-state index contributed by atoms with van der Waals surface area (Å²) < 4.78 is 4.87. The summed E-state index contributed by atoms with van der Waals surface area (Å²) in [7, 11) is 1.47. The van der Waals surface area contributed by atoms with Gasteiger partial charge in [0.05, 0.1) is 7.11 Å². The van der Waals surface area contributed by atoms with Gasteiger partial charge in [0.2, 0.25) is 0 Å². The van der Waals surface area contributed by atoms with Crippen molar-refractivity contribution in [2.24, 2.45) is 11.8 Å². The molecule has 1 aliphatic rings. The lowest BCUT2D eigenvalue weighted by Gasteiger charge is -2.37. The summed E-state index contributed by atoms with van der Waals surface area (Å²) in [6.07, 6.45) is 4.55. The third-order valence-corrected chi connectivity index (χ3v) is 3.82. The first kappa shape index (κ1) is 16.3. The molecule has 0 bridgehead atoms. The summed E-state index contributed by atoms with van der Waals surface area (Å²) in [6, 6.07) is 0.420. The molecule has 1 saturated heterocycles. The molecule has 1 heterocycles. The van der Waals surface area contributed by atoms with Crippen molar-refractivity contribution in [2.75, 3.05) is 26.7 Å². The predicted octanol–water partition coefficient (Wildman–Crippen LogP) is 2.88. The third kappa shape index (κ3) is 5.81. The first-order chi connectivity index (χ1) is 9.06. The molecule has 1 N–H and O–H groups in total. The molecule has 1 fully saturated rings. The largest absolute Gasteiger partial charge is 0.453 e. The second-order valence-corrected chi connectivity index (χ2v) is 6.10. The first-order valence-electron chi connectivity index (χ1n) is 7.63. The highest BCUT2D eigenvalue weighted by Gasteiger charge is 2.29. The fraction of sp³-hybridized carbons (Fsp3) is 0.933. The van der Waals surface area contributed by atoms with Crippen molar-refractivity contribution in [1.29, 1.82) is 0 Å². The number of carbonyl (C=O) groups is 1. The summed E-state index contributed by atoms with van der Waals surface area (Å²) in [5.41, 5.74) is 0. The number of carbonyl (C=O) groups excluding carboxylic acids is 1. The zero-order valence-corrected chi connectivity index (χ0v) is 12.9. The number of amides is 1. The maximum absolute atomic E-state index is 11.7. The van der Waals surface area contributed by atoms with Crippen LogP contribution >= 0.6 is 0 Å². The molecule has 2 unspecified atom stereocenters. The molecule has 0 saturated carbocycles. The molecule has 112 valence electrons. The van der Waals surface area contributed by atoms with Gasteiger partial charge in [0.15, 0.2) is 0 Å². The van der Waals surface area contributed by atoms with Gasteiger partial charge in [-0.2, -0.15) is 0 Å². The monoisotopic (exact) mass is 270 g/mol. The number of nitrogens with zero attached hydrogens (tertiary/aromatic N) is 1. The van der Waals surface area contributed by atoms with Crippen molar-refractivity contribution in [3.63, 3.8) is 0 Å². The Balaban J connectivity index is 2.47. The first-order valence-corrected chi connectivity index (χ1v) is 7.63. The van der Waals surface area contributed by atoms with Crippen molar-refractivity contribution < 1.29 is 9.53 Å². The highest BCUT2D eigenvalue weighted by molar-refractivity contribution is 5.67. The van der Waals surface area contributed by atoms with Gasteiger partial charge in [-0.25, -0.2) is 4.79 Å². The van der Waals surface area contributed by atoms with Crippen LogP contribution in [0.15, 0.2) is 0 Å². The highest BCUT2D eigenvalue weighted by atomic mass is 16.5. The molecule has 1 amide bonds. The van der Waals surface area contributed by atoms with Crippen molar-refractivity contribution in [3.8, 4) is 0 Å². The van der Waals surface area contributed by atoms with Gasteiger partial charge in [-0.15, -0.1) is 0 Å². The highest BCUT2D eigenvalue weighted by Crippen LogP contribution is 2.22. The summed E-state index contributed by atoms with van der Waals surface area (Å²) in [6.45, 7) is 9.36. The van der Waals surface area contributed by atoms with Gasteiger partial charge in [-0.05, 0) is 37.6 Å². The molecule has 2 atom stereocenters. The predicted molar refractivity (Wildman–Crippen MR) is 78.2 cm³/mol. The van der Waals surface area contributed by atoms with Crippen molar-refractivity contribution >= 4 is 6.09 Å². The van der Waals surface area contributed by atoms with E-state index in [0.29, 0.717) is 12.0 Å². The normalized spacial score (nSPS) is 23.7. The van der Waals surface area contributed by atoms with Crippen LogP contribution in [0.1, 0.15) is 46.5 Å². The Morgan fingerprint density at radius 3 is 2.74 bits per heavy atom. The Morgan fingerprint density at radius 2 is 2.16 bits per heavy atom. The maximum Gasteiger partial charge on any atom is 0.409 e. The van der Waals surface area contributed by atoms with E-state index in [4.69, 9.17) is 4.74 Å². The van der Waals surface area contributed by atoms with Crippen molar-refractivity contribution in [3.05, 3.63) is 0 Å². The molecule has 1 aliphatic heterocycles. The van der Waals surface area contributed by atoms with Gasteiger partial charge in [0.25, 0.3) is 0 Å². The Hall–Kier alpha value is -0.770. The van der Waals surface area contributed by atoms with Crippen LogP contribution in [0.2, 0.25) is 0 Å². The van der Waals surface area contributed by atoms with Gasteiger partial charge >= 0.3 is 6.09 Å². The van der Waals surface area contributed by atoms with Crippen LogP contribution in [-0.2, 0) is 4.74 Å². The number of hydrogen-bond acceptors (Lipinski definition) is 3. The van der Waals surface area contributed by atoms with Gasteiger partial charge in [-0.1, -0.05) is 27.2 Å². The summed E-state index contributed by atoms with van der Waals surface area (Å²) in [4.78, 5) is 13.6. The van der Waals surface area contributed by atoms with E-state index in [1.165, 1.54) is 32.8 Å². The molecule has 0 radical (unpaired) electrons. The van der Waals surface area contributed by atoms with Gasteiger partial charge in [0, 0.05) is 19.1 Å². The average Bonchev–Trinajstić information content (AvgIpc) is 2.37. The minimum atomic E-state index is -0.184. The van der Waals surface area contributed by atoms with Crippen LogP contribution in [0.4, 0.5) is 4.79 Å². The number of likely N-dealkylation sites (tertiary alicyclic amines) is 1. The quantitative estimate of drug-likeness (QED) is 0.807. The molecule has 0 aromatic carbocycles. The van der Waals surface area contributed by atoms with Crippen LogP contribution in [0.3, 0.4) is 0 Å². The van der Waals surface area contributed by atoms with E-state index in [2.05, 4.69) is 26.1 Å². The molecule has 19 heavy (non-hydrogen) atoms. The molecule has 4 nitrogen and oxygen atoms in total. The van der Waals surface area contributed by atoms with Gasteiger partial charge in [-0.3, -0.25) is 0 Å². The Morgan fingerprint density at radius 1 is 1.42 bits per heavy atom. The topological polar surface area (TPSA) is 41.6 Å². The molecule has 0 spiro atoms. The van der Waals surface area contributed by atoms with Crippen molar-refractivity contribution in [2.45, 2.75) is 52.5 Å². The number of methoxy groups -OCH3 is 1. The van der Waals surface area contributed by atoms with Crippen LogP contribution < -0.4 is 5.32 Å². The molecule has 0 aromatic rings. The zero-order chi connectivity index (χ0) is 14.3. The number of nitrogens with one attached hydrogen (secondary N) is 1. The van der Waals surface area contributed by atoms with E-state index in [-0.39, 0.29) is 6.09 Å². The van der Waals surface area contributed by atoms with Crippen LogP contribution in [-0.4, -0.2) is 43.8 Å². The Kier molecular flexibility index (Phi) is 7.21. The minimum absolute atomic E-state index is 0.184. The van der Waals surface area contributed by atoms with Crippen LogP contribution in [0.25, 0.3) is 0 Å². The second-order valence-electron chi connectivity index (χ2n) is 6.10. The summed E-state index contributed by atoms with van der Waals surface area (Å²) >= 11 is 0. The van der Waals surface area contributed by atoms with Gasteiger partial charge < -0.3 is 15.0 Å². The number of hydrogen-bond donors (Lipinski definition) is 1. The Labute approximate surface area is 117 Å². The van der Waals surface area contributed by atoms with E-state index in [1.54, 1.807) is 0 Å². The van der Waals surface area contributed by atoms with E-state index in [0.717, 1.165) is 25.6 Å². The number of rotatable bonds is 6. The van der Waals surface area contributed by atoms with Crippen molar-refractivity contribution in [1.82, 2.24) is 10.2 Å². The second kappa shape index (κ2) is 8.41. The lowest BCUT2D eigenvalue weighted by molar-refractivity contribution is 0.0888. The number of ether oxygens (including phenoxy) is 1.